The summed E-state index contributed by atoms with van der Waals surface area (Å²) in [5.41, 5.74) is 3.94. The van der Waals surface area contributed by atoms with E-state index in [1.807, 2.05) is 12.1 Å². The number of nitrogens with one attached hydrogen (secondary N) is 1. The fourth-order valence-corrected chi connectivity index (χ4v) is 3.29. The summed E-state index contributed by atoms with van der Waals surface area (Å²) in [5.74, 6) is -0.258. The van der Waals surface area contributed by atoms with Crippen molar-refractivity contribution >= 4 is 17.4 Å². The number of benzene rings is 1. The molecule has 7 nitrogen and oxygen atoms in total. The van der Waals surface area contributed by atoms with Gasteiger partial charge in [0.15, 0.2) is 5.65 Å². The Kier molecular flexibility index (Phi) is 4.64. The molecule has 4 heterocycles. The molecule has 1 amide bonds. The maximum atomic E-state index is 13.5. The van der Waals surface area contributed by atoms with Crippen LogP contribution in [0.25, 0.3) is 28.2 Å². The van der Waals surface area contributed by atoms with Crippen molar-refractivity contribution in [2.45, 2.75) is 0 Å². The zero-order valence-electron chi connectivity index (χ0n) is 16.1. The quantitative estimate of drug-likeness (QED) is 0.479. The van der Waals surface area contributed by atoms with Crippen molar-refractivity contribution in [1.82, 2.24) is 24.6 Å². The minimum absolute atomic E-state index is 0.312. The van der Waals surface area contributed by atoms with E-state index >= 15 is 0 Å². The van der Waals surface area contributed by atoms with E-state index < -0.39 is 0 Å². The molecule has 5 rings (SSSR count). The lowest BCUT2D eigenvalue weighted by molar-refractivity contribution is 0.102. The van der Waals surface area contributed by atoms with E-state index in [0.29, 0.717) is 28.4 Å². The van der Waals surface area contributed by atoms with Crippen LogP contribution in [0.1, 0.15) is 10.4 Å². The largest absolute Gasteiger partial charge is 0.306 e. The number of fused-ring (bicyclic) bond motifs is 1. The van der Waals surface area contributed by atoms with Gasteiger partial charge in [-0.25, -0.2) is 18.9 Å². The Morgan fingerprint density at radius 2 is 1.77 bits per heavy atom. The number of imidazole rings is 1. The Bertz CT molecular complexity index is 1380. The predicted octanol–water partition coefficient (Wildman–Crippen LogP) is 4.24. The van der Waals surface area contributed by atoms with Crippen molar-refractivity contribution in [3.8, 4) is 22.5 Å². The zero-order valence-corrected chi connectivity index (χ0v) is 16.1. The summed E-state index contributed by atoms with van der Waals surface area (Å²) in [6, 6.07) is 16.7. The number of pyridine rings is 2. The molecule has 8 heteroatoms. The number of amides is 1. The summed E-state index contributed by atoms with van der Waals surface area (Å²) in [4.78, 5) is 25.4. The number of anilines is 1. The van der Waals surface area contributed by atoms with Gasteiger partial charge < -0.3 is 5.32 Å². The number of hydrogen-bond acceptors (Lipinski definition) is 5. The highest BCUT2D eigenvalue weighted by molar-refractivity contribution is 6.03. The van der Waals surface area contributed by atoms with E-state index in [0.717, 1.165) is 11.1 Å². The molecule has 5 aromatic rings. The van der Waals surface area contributed by atoms with Gasteiger partial charge in [0.1, 0.15) is 17.3 Å². The third-order valence-corrected chi connectivity index (χ3v) is 4.71. The lowest BCUT2D eigenvalue weighted by atomic mass is 10.1. The normalized spacial score (nSPS) is 10.9. The first kappa shape index (κ1) is 18.6. The molecule has 0 radical (unpaired) electrons. The Balaban J connectivity index is 1.59. The summed E-state index contributed by atoms with van der Waals surface area (Å²) in [6.07, 6.45) is 6.36. The Morgan fingerprint density at radius 1 is 0.935 bits per heavy atom. The maximum absolute atomic E-state index is 13.5. The summed E-state index contributed by atoms with van der Waals surface area (Å²) < 4.78 is 15.2. The van der Waals surface area contributed by atoms with Crippen LogP contribution >= 0.6 is 0 Å². The molecule has 0 spiro atoms. The van der Waals surface area contributed by atoms with Crippen LogP contribution in [0.3, 0.4) is 0 Å². The average molecular weight is 410 g/mol. The van der Waals surface area contributed by atoms with Gasteiger partial charge in [-0.1, -0.05) is 0 Å². The van der Waals surface area contributed by atoms with E-state index in [4.69, 9.17) is 0 Å². The highest BCUT2D eigenvalue weighted by atomic mass is 19.1. The Labute approximate surface area is 176 Å². The first-order chi connectivity index (χ1) is 15.2. The molecule has 0 aliphatic heterocycles. The van der Waals surface area contributed by atoms with Gasteiger partial charge in [0.05, 0.1) is 11.3 Å². The lowest BCUT2D eigenvalue weighted by Gasteiger charge is -2.08. The highest BCUT2D eigenvalue weighted by Crippen LogP contribution is 2.33. The second-order valence-corrected chi connectivity index (χ2v) is 6.74. The Hall–Kier alpha value is -4.46. The number of carbonyl (C=O) groups excluding carboxylic acids is 1. The van der Waals surface area contributed by atoms with Crippen molar-refractivity contribution in [3.63, 3.8) is 0 Å². The molecule has 4 aromatic heterocycles. The number of halogens is 1. The summed E-state index contributed by atoms with van der Waals surface area (Å²) in [6.45, 7) is 0. The summed E-state index contributed by atoms with van der Waals surface area (Å²) in [5, 5.41) is 7.21. The summed E-state index contributed by atoms with van der Waals surface area (Å²) >= 11 is 0. The van der Waals surface area contributed by atoms with Crippen LogP contribution in [0.2, 0.25) is 0 Å². The van der Waals surface area contributed by atoms with E-state index in [9.17, 15) is 9.18 Å². The maximum Gasteiger partial charge on any atom is 0.258 e. The second kappa shape index (κ2) is 7.75. The second-order valence-electron chi connectivity index (χ2n) is 6.74. The van der Waals surface area contributed by atoms with Crippen LogP contribution < -0.4 is 5.32 Å². The summed E-state index contributed by atoms with van der Waals surface area (Å²) in [7, 11) is 0. The zero-order chi connectivity index (χ0) is 21.2. The van der Waals surface area contributed by atoms with Crippen LogP contribution in [0, 0.1) is 5.82 Å². The van der Waals surface area contributed by atoms with Gasteiger partial charge in [0.2, 0.25) is 0 Å². The third-order valence-electron chi connectivity index (χ3n) is 4.71. The van der Waals surface area contributed by atoms with Gasteiger partial charge in [-0.2, -0.15) is 5.10 Å². The molecule has 1 N–H and O–H groups in total. The van der Waals surface area contributed by atoms with Crippen molar-refractivity contribution in [2.24, 2.45) is 0 Å². The standard InChI is InChI=1S/C23H15FN6O/c24-18-7-5-15(6-8-18)21-22(30-20(29-21)4-2-11-27-30)16-9-12-26-19(13-16)28-23(31)17-3-1-10-25-14-17/h1-14H,(H,26,28,31). The number of rotatable bonds is 4. The van der Waals surface area contributed by atoms with Gasteiger partial charge in [-0.15, -0.1) is 0 Å². The molecule has 0 aliphatic carbocycles. The fraction of sp³-hybridized carbons (Fsp3) is 0. The van der Waals surface area contributed by atoms with Crippen molar-refractivity contribution < 1.29 is 9.18 Å². The highest BCUT2D eigenvalue weighted by Gasteiger charge is 2.18. The monoisotopic (exact) mass is 410 g/mol. The predicted molar refractivity (Wildman–Crippen MR) is 114 cm³/mol. The smallest absolute Gasteiger partial charge is 0.258 e. The van der Waals surface area contributed by atoms with Gasteiger partial charge in [-0.3, -0.25) is 9.78 Å². The molecular formula is C23H15FN6O. The number of aromatic nitrogens is 5. The number of nitrogens with zero attached hydrogens (tertiary/aromatic N) is 5. The molecule has 0 aliphatic rings. The van der Waals surface area contributed by atoms with Gasteiger partial charge in [0, 0.05) is 35.9 Å². The number of hydrogen-bond donors (Lipinski definition) is 1. The van der Waals surface area contributed by atoms with Gasteiger partial charge >= 0.3 is 0 Å². The van der Waals surface area contributed by atoms with Gasteiger partial charge in [-0.05, 0) is 60.7 Å². The van der Waals surface area contributed by atoms with Crippen LogP contribution in [0.4, 0.5) is 10.2 Å². The fourth-order valence-electron chi connectivity index (χ4n) is 3.29. The van der Waals surface area contributed by atoms with Crippen LogP contribution in [-0.4, -0.2) is 30.5 Å². The minimum Gasteiger partial charge on any atom is -0.306 e. The van der Waals surface area contributed by atoms with E-state index in [2.05, 4.69) is 25.4 Å². The molecule has 0 fully saturated rings. The molecule has 0 atom stereocenters. The first-order valence-corrected chi connectivity index (χ1v) is 9.46. The molecule has 31 heavy (non-hydrogen) atoms. The third kappa shape index (κ3) is 3.62. The van der Waals surface area contributed by atoms with Crippen molar-refractivity contribution in [2.75, 3.05) is 5.32 Å². The molecular weight excluding hydrogens is 395 g/mol. The molecule has 0 bridgehead atoms. The van der Waals surface area contributed by atoms with Gasteiger partial charge in [0.25, 0.3) is 5.91 Å². The molecule has 0 unspecified atom stereocenters. The molecule has 1 aromatic carbocycles. The van der Waals surface area contributed by atoms with Crippen LogP contribution in [-0.2, 0) is 0 Å². The van der Waals surface area contributed by atoms with E-state index in [-0.39, 0.29) is 11.7 Å². The van der Waals surface area contributed by atoms with Crippen molar-refractivity contribution in [1.29, 1.82) is 0 Å². The van der Waals surface area contributed by atoms with Crippen LogP contribution in [0.15, 0.2) is 85.5 Å². The first-order valence-electron chi connectivity index (χ1n) is 9.46. The average Bonchev–Trinajstić information content (AvgIpc) is 3.20. The Morgan fingerprint density at radius 3 is 2.58 bits per heavy atom. The number of carbonyl (C=O) groups is 1. The SMILES string of the molecule is O=C(Nc1cc(-c2c(-c3ccc(F)cc3)nc3cccnn23)ccn1)c1cccnc1. The molecule has 0 saturated carbocycles. The minimum atomic E-state index is -0.323. The molecule has 0 saturated heterocycles. The van der Waals surface area contributed by atoms with E-state index in [1.54, 1.807) is 59.5 Å². The van der Waals surface area contributed by atoms with E-state index in [1.165, 1.54) is 18.3 Å². The lowest BCUT2D eigenvalue weighted by Crippen LogP contribution is -2.13. The van der Waals surface area contributed by atoms with Crippen LogP contribution in [0.5, 0.6) is 0 Å². The van der Waals surface area contributed by atoms with Crippen molar-refractivity contribution in [3.05, 3.63) is 96.8 Å². The topological polar surface area (TPSA) is 85.1 Å². The molecule has 150 valence electrons.